The third-order valence-corrected chi connectivity index (χ3v) is 6.99. The lowest BCUT2D eigenvalue weighted by atomic mass is 10.1. The molecule has 1 N–H and O–H groups in total. The number of hydrogen-bond donors (Lipinski definition) is 1. The first-order chi connectivity index (χ1) is 16.4. The highest BCUT2D eigenvalue weighted by Gasteiger charge is 2.33. The molecule has 0 bridgehead atoms. The number of anilines is 1. The molecule has 1 amide bonds. The average Bonchev–Trinajstić information content (AvgIpc) is 3.30. The second-order valence-electron chi connectivity index (χ2n) is 8.09. The van der Waals surface area contributed by atoms with Crippen molar-refractivity contribution < 1.29 is 14.7 Å². The number of hydrogen-bond acceptors (Lipinski definition) is 4. The minimum atomic E-state index is -1.05. The second-order valence-corrected chi connectivity index (χ2v) is 9.77. The molecule has 3 aromatic carbocycles. The summed E-state index contributed by atoms with van der Waals surface area (Å²) in [5.41, 5.74) is 4.99. The van der Waals surface area contributed by atoms with Gasteiger partial charge in [-0.15, -0.1) is 0 Å². The third-order valence-electron chi connectivity index (χ3n) is 5.69. The molecule has 0 atom stereocenters. The van der Waals surface area contributed by atoms with E-state index in [-0.39, 0.29) is 11.5 Å². The highest BCUT2D eigenvalue weighted by molar-refractivity contribution is 8.27. The minimum Gasteiger partial charge on any atom is -0.478 e. The van der Waals surface area contributed by atoms with E-state index >= 15 is 0 Å². The largest absolute Gasteiger partial charge is 0.478 e. The van der Waals surface area contributed by atoms with Gasteiger partial charge in [0, 0.05) is 29.2 Å². The molecule has 34 heavy (non-hydrogen) atoms. The Balaban J connectivity index is 1.51. The number of aromatic carboxylic acids is 1. The van der Waals surface area contributed by atoms with Crippen molar-refractivity contribution in [2.24, 2.45) is 0 Å². The molecule has 0 spiro atoms. The molecule has 7 heteroatoms. The van der Waals surface area contributed by atoms with Gasteiger partial charge >= 0.3 is 5.97 Å². The van der Waals surface area contributed by atoms with E-state index in [9.17, 15) is 14.7 Å². The van der Waals surface area contributed by atoms with E-state index in [1.54, 1.807) is 12.1 Å². The normalized spacial score (nSPS) is 15.0. The van der Waals surface area contributed by atoms with E-state index < -0.39 is 5.97 Å². The van der Waals surface area contributed by atoms with E-state index in [4.69, 9.17) is 12.2 Å². The van der Waals surface area contributed by atoms with Crippen LogP contribution in [0.25, 0.3) is 17.0 Å². The fourth-order valence-electron chi connectivity index (χ4n) is 4.14. The number of carboxylic acids is 1. The quantitative estimate of drug-likeness (QED) is 0.274. The van der Waals surface area contributed by atoms with Crippen molar-refractivity contribution in [2.75, 3.05) is 4.90 Å². The van der Waals surface area contributed by atoms with Crippen molar-refractivity contribution in [1.82, 2.24) is 4.57 Å². The molecule has 1 saturated heterocycles. The summed E-state index contributed by atoms with van der Waals surface area (Å²) in [5, 5.41) is 10.3. The summed E-state index contributed by atoms with van der Waals surface area (Å²) in [4.78, 5) is 26.5. The zero-order valence-corrected chi connectivity index (χ0v) is 19.9. The van der Waals surface area contributed by atoms with E-state index in [1.807, 2.05) is 24.3 Å². The SMILES string of the molecule is Cc1cccc(Cn2cc(C=C3SC(=S)N(c4cccc(C(=O)O)c4)C3=O)c3ccccc32)c1. The monoisotopic (exact) mass is 484 g/mol. The second kappa shape index (κ2) is 8.93. The summed E-state index contributed by atoms with van der Waals surface area (Å²) >= 11 is 6.70. The van der Waals surface area contributed by atoms with Gasteiger partial charge in [0.1, 0.15) is 0 Å². The Morgan fingerprint density at radius 1 is 1.06 bits per heavy atom. The number of carboxylic acid groups (broad SMARTS) is 1. The third kappa shape index (κ3) is 4.16. The standard InChI is InChI=1S/C27H20N2O3S2/c1-17-6-4-7-18(12-17)15-28-16-20(22-10-2-3-11-23(22)28)14-24-25(30)29(27(33)34-24)21-9-5-8-19(13-21)26(31)32/h2-14,16H,15H2,1H3,(H,31,32). The summed E-state index contributed by atoms with van der Waals surface area (Å²) in [6, 6.07) is 22.8. The molecule has 0 saturated carbocycles. The summed E-state index contributed by atoms with van der Waals surface area (Å²) in [7, 11) is 0. The van der Waals surface area contributed by atoms with E-state index in [0.29, 0.717) is 14.9 Å². The summed E-state index contributed by atoms with van der Waals surface area (Å²) < 4.78 is 2.56. The first kappa shape index (κ1) is 22.1. The molecule has 1 aliphatic rings. The molecule has 168 valence electrons. The number of thioether (sulfide) groups is 1. The number of thiocarbonyl (C=S) groups is 1. The van der Waals surface area contributed by atoms with E-state index in [1.165, 1.54) is 39.9 Å². The van der Waals surface area contributed by atoms with Crippen LogP contribution < -0.4 is 4.90 Å². The maximum absolute atomic E-state index is 13.3. The predicted octanol–water partition coefficient (Wildman–Crippen LogP) is 6.10. The van der Waals surface area contributed by atoms with Gasteiger partial charge in [0.25, 0.3) is 5.91 Å². The lowest BCUT2D eigenvalue weighted by Gasteiger charge is -2.14. The molecule has 0 unspecified atom stereocenters. The summed E-state index contributed by atoms with van der Waals surface area (Å²) in [5.74, 6) is -1.31. The van der Waals surface area contributed by atoms with Crippen LogP contribution in [-0.2, 0) is 11.3 Å². The maximum Gasteiger partial charge on any atom is 0.335 e. The number of carbonyl (C=O) groups is 2. The number of fused-ring (bicyclic) bond motifs is 1. The van der Waals surface area contributed by atoms with Crippen LogP contribution in [0.2, 0.25) is 0 Å². The number of rotatable bonds is 5. The van der Waals surface area contributed by atoms with Crippen molar-refractivity contribution in [3.05, 3.63) is 106 Å². The molecular weight excluding hydrogens is 464 g/mol. The van der Waals surface area contributed by atoms with Crippen molar-refractivity contribution >= 4 is 62.8 Å². The van der Waals surface area contributed by atoms with Gasteiger partial charge in [-0.05, 0) is 42.8 Å². The minimum absolute atomic E-state index is 0.106. The number of carbonyl (C=O) groups excluding carboxylic acids is 1. The Labute approximate surface area is 206 Å². The predicted molar refractivity (Wildman–Crippen MR) is 141 cm³/mol. The van der Waals surface area contributed by atoms with Crippen LogP contribution in [0.3, 0.4) is 0 Å². The molecule has 4 aromatic rings. The van der Waals surface area contributed by atoms with Crippen LogP contribution in [0.15, 0.2) is 83.9 Å². The first-order valence-corrected chi connectivity index (χ1v) is 11.9. The highest BCUT2D eigenvalue weighted by Crippen LogP contribution is 2.37. The Kier molecular flexibility index (Phi) is 5.81. The number of para-hydroxylation sites is 1. The Bertz CT molecular complexity index is 1500. The number of aryl methyl sites for hydroxylation is 1. The van der Waals surface area contributed by atoms with E-state index in [0.717, 1.165) is 23.0 Å². The molecule has 5 rings (SSSR count). The van der Waals surface area contributed by atoms with E-state index in [2.05, 4.69) is 48.0 Å². The number of amides is 1. The van der Waals surface area contributed by atoms with Gasteiger partial charge in [-0.1, -0.05) is 78.1 Å². The molecule has 2 heterocycles. The lowest BCUT2D eigenvalue weighted by molar-refractivity contribution is -0.113. The molecule has 1 aromatic heterocycles. The van der Waals surface area contributed by atoms with Crippen LogP contribution in [-0.4, -0.2) is 25.9 Å². The van der Waals surface area contributed by atoms with Crippen LogP contribution in [0.1, 0.15) is 27.0 Å². The average molecular weight is 485 g/mol. The van der Waals surface area contributed by atoms with Crippen LogP contribution >= 0.6 is 24.0 Å². The zero-order chi connectivity index (χ0) is 23.8. The zero-order valence-electron chi connectivity index (χ0n) is 18.3. The van der Waals surface area contributed by atoms with Crippen molar-refractivity contribution in [1.29, 1.82) is 0 Å². The van der Waals surface area contributed by atoms with Gasteiger partial charge in [-0.25, -0.2) is 4.79 Å². The molecule has 0 radical (unpaired) electrons. The van der Waals surface area contributed by atoms with Gasteiger partial charge in [-0.2, -0.15) is 0 Å². The fraction of sp³-hybridized carbons (Fsp3) is 0.0741. The molecule has 1 aliphatic heterocycles. The Morgan fingerprint density at radius 2 is 1.85 bits per heavy atom. The summed E-state index contributed by atoms with van der Waals surface area (Å²) in [6.45, 7) is 2.80. The van der Waals surface area contributed by atoms with Gasteiger partial charge in [0.05, 0.1) is 16.2 Å². The number of nitrogens with zero attached hydrogens (tertiary/aromatic N) is 2. The Morgan fingerprint density at radius 3 is 2.65 bits per heavy atom. The molecular formula is C27H20N2O3S2. The Hall–Kier alpha value is -3.68. The molecule has 5 nitrogen and oxygen atoms in total. The van der Waals surface area contributed by atoms with Gasteiger partial charge in [0.2, 0.25) is 0 Å². The maximum atomic E-state index is 13.3. The molecule has 1 fully saturated rings. The molecule has 0 aliphatic carbocycles. The fourth-order valence-corrected chi connectivity index (χ4v) is 5.43. The van der Waals surface area contributed by atoms with Crippen molar-refractivity contribution in [3.8, 4) is 0 Å². The van der Waals surface area contributed by atoms with Crippen molar-refractivity contribution in [3.63, 3.8) is 0 Å². The smallest absolute Gasteiger partial charge is 0.335 e. The highest BCUT2D eigenvalue weighted by atomic mass is 32.2. The van der Waals surface area contributed by atoms with Crippen LogP contribution in [0, 0.1) is 6.92 Å². The summed E-state index contributed by atoms with van der Waals surface area (Å²) in [6.07, 6.45) is 3.93. The van der Waals surface area contributed by atoms with Gasteiger partial charge in [-0.3, -0.25) is 9.69 Å². The van der Waals surface area contributed by atoms with Crippen LogP contribution in [0.4, 0.5) is 5.69 Å². The number of benzene rings is 3. The topological polar surface area (TPSA) is 62.5 Å². The first-order valence-electron chi connectivity index (χ1n) is 10.7. The lowest BCUT2D eigenvalue weighted by Crippen LogP contribution is -2.27. The van der Waals surface area contributed by atoms with Crippen molar-refractivity contribution in [2.45, 2.75) is 13.5 Å². The number of aromatic nitrogens is 1. The van der Waals surface area contributed by atoms with Crippen LogP contribution in [0.5, 0.6) is 0 Å². The van der Waals surface area contributed by atoms with Gasteiger partial charge in [0.15, 0.2) is 4.32 Å². The van der Waals surface area contributed by atoms with Gasteiger partial charge < -0.3 is 9.67 Å².